The van der Waals surface area contributed by atoms with E-state index in [2.05, 4.69) is 4.74 Å². The summed E-state index contributed by atoms with van der Waals surface area (Å²) in [5.74, 6) is -0.876. The van der Waals surface area contributed by atoms with E-state index in [9.17, 15) is 17.6 Å². The van der Waals surface area contributed by atoms with Crippen LogP contribution >= 0.6 is 0 Å². The quantitative estimate of drug-likeness (QED) is 0.783. The lowest BCUT2D eigenvalue weighted by atomic mass is 9.98. The Bertz CT molecular complexity index is 689. The number of nitrogens with zero attached hydrogens (tertiary/aromatic N) is 1. The lowest BCUT2D eigenvalue weighted by Crippen LogP contribution is -2.17. The van der Waals surface area contributed by atoms with Gasteiger partial charge in [0.2, 0.25) is 0 Å². The van der Waals surface area contributed by atoms with Crippen molar-refractivity contribution in [2.24, 2.45) is 0 Å². The largest absolute Gasteiger partial charge is 0.573 e. The Labute approximate surface area is 118 Å². The maximum atomic E-state index is 13.2. The first-order valence-corrected chi connectivity index (χ1v) is 5.90. The Kier molecular flexibility index (Phi) is 4.13. The van der Waals surface area contributed by atoms with Crippen molar-refractivity contribution in [3.05, 3.63) is 53.8 Å². The maximum absolute atomic E-state index is 13.2. The number of rotatable bonds is 3. The highest BCUT2D eigenvalue weighted by Crippen LogP contribution is 2.30. The molecule has 0 fully saturated rings. The molecule has 108 valence electrons. The predicted octanol–water partition coefficient (Wildman–Crippen LogP) is 4.46. The van der Waals surface area contributed by atoms with Crippen LogP contribution in [0.3, 0.4) is 0 Å². The van der Waals surface area contributed by atoms with E-state index in [0.717, 1.165) is 0 Å². The molecule has 0 radical (unpaired) electrons. The van der Waals surface area contributed by atoms with Gasteiger partial charge < -0.3 is 4.74 Å². The average molecular weight is 295 g/mol. The first-order valence-electron chi connectivity index (χ1n) is 5.90. The van der Waals surface area contributed by atoms with Crippen molar-refractivity contribution in [2.75, 3.05) is 0 Å². The number of nitriles is 1. The molecule has 0 N–H and O–H groups in total. The molecule has 2 nitrogen and oxygen atoms in total. The van der Waals surface area contributed by atoms with Crippen molar-refractivity contribution < 1.29 is 22.3 Å². The summed E-state index contributed by atoms with van der Waals surface area (Å²) in [7, 11) is 0. The van der Waals surface area contributed by atoms with E-state index in [4.69, 9.17) is 5.26 Å². The zero-order chi connectivity index (χ0) is 15.5. The van der Waals surface area contributed by atoms with Gasteiger partial charge in [-0.1, -0.05) is 18.2 Å². The van der Waals surface area contributed by atoms with Crippen molar-refractivity contribution in [1.29, 1.82) is 5.26 Å². The molecule has 2 rings (SSSR count). The van der Waals surface area contributed by atoms with Gasteiger partial charge in [0, 0.05) is 0 Å². The third-order valence-corrected chi connectivity index (χ3v) is 2.72. The van der Waals surface area contributed by atoms with E-state index in [1.807, 2.05) is 6.07 Å². The van der Waals surface area contributed by atoms with Crippen molar-refractivity contribution in [3.8, 4) is 22.9 Å². The molecule has 0 aliphatic carbocycles. The van der Waals surface area contributed by atoms with E-state index < -0.39 is 12.2 Å². The maximum Gasteiger partial charge on any atom is 0.573 e. The lowest BCUT2D eigenvalue weighted by Gasteiger charge is -2.11. The van der Waals surface area contributed by atoms with Crippen LogP contribution in [0.25, 0.3) is 11.1 Å². The molecule has 0 heterocycles. The number of hydrogen-bond donors (Lipinski definition) is 0. The Morgan fingerprint density at radius 2 is 1.86 bits per heavy atom. The van der Waals surface area contributed by atoms with E-state index in [1.165, 1.54) is 36.4 Å². The Hall–Kier alpha value is -2.55. The summed E-state index contributed by atoms with van der Waals surface area (Å²) < 4.78 is 53.7. The number of ether oxygens (including phenoxy) is 1. The summed E-state index contributed by atoms with van der Waals surface area (Å²) in [6.45, 7) is 0. The highest BCUT2D eigenvalue weighted by atomic mass is 19.4. The minimum absolute atomic E-state index is 0.0442. The highest BCUT2D eigenvalue weighted by Gasteiger charge is 2.31. The van der Waals surface area contributed by atoms with Crippen molar-refractivity contribution >= 4 is 0 Å². The third kappa shape index (κ3) is 3.96. The van der Waals surface area contributed by atoms with Crippen LogP contribution in [0.15, 0.2) is 42.5 Å². The van der Waals surface area contributed by atoms with E-state index in [0.29, 0.717) is 16.7 Å². The third-order valence-electron chi connectivity index (χ3n) is 2.72. The molecule has 0 amide bonds. The van der Waals surface area contributed by atoms with Gasteiger partial charge >= 0.3 is 6.36 Å². The summed E-state index contributed by atoms with van der Waals surface area (Å²) in [5.41, 5.74) is 1.31. The molecule has 0 unspecified atom stereocenters. The highest BCUT2D eigenvalue weighted by molar-refractivity contribution is 5.69. The van der Waals surface area contributed by atoms with Crippen molar-refractivity contribution in [3.63, 3.8) is 0 Å². The molecule has 6 heteroatoms. The van der Waals surface area contributed by atoms with Crippen LogP contribution in [0, 0.1) is 17.1 Å². The average Bonchev–Trinajstić information content (AvgIpc) is 2.37. The molecule has 0 spiro atoms. The molecule has 21 heavy (non-hydrogen) atoms. The summed E-state index contributed by atoms with van der Waals surface area (Å²) in [5, 5.41) is 8.74. The van der Waals surface area contributed by atoms with Crippen LogP contribution in [0.4, 0.5) is 17.6 Å². The van der Waals surface area contributed by atoms with Gasteiger partial charge in [-0.25, -0.2) is 4.39 Å². The molecule has 2 aromatic carbocycles. The zero-order valence-electron chi connectivity index (χ0n) is 10.6. The molecule has 0 saturated carbocycles. The molecular weight excluding hydrogens is 286 g/mol. The molecule has 2 aromatic rings. The monoisotopic (exact) mass is 295 g/mol. The zero-order valence-corrected chi connectivity index (χ0v) is 10.6. The second kappa shape index (κ2) is 5.83. The summed E-state index contributed by atoms with van der Waals surface area (Å²) in [6, 6.07) is 11.0. The fraction of sp³-hybridized carbons (Fsp3) is 0.133. The number of benzene rings is 2. The second-order valence-corrected chi connectivity index (χ2v) is 4.21. The molecule has 0 aliphatic heterocycles. The molecule has 0 atom stereocenters. The van der Waals surface area contributed by atoms with Crippen LogP contribution in [-0.2, 0) is 6.42 Å². The van der Waals surface area contributed by atoms with Gasteiger partial charge in [0.1, 0.15) is 11.6 Å². The van der Waals surface area contributed by atoms with Crippen LogP contribution < -0.4 is 4.74 Å². The first-order chi connectivity index (χ1) is 9.89. The molecular formula is C15H9F4NO. The Morgan fingerprint density at radius 1 is 1.10 bits per heavy atom. The fourth-order valence-corrected chi connectivity index (χ4v) is 1.94. The van der Waals surface area contributed by atoms with Crippen LogP contribution in [0.5, 0.6) is 5.75 Å². The first kappa shape index (κ1) is 14.9. The molecule has 0 aromatic heterocycles. The topological polar surface area (TPSA) is 33.0 Å². The van der Waals surface area contributed by atoms with Crippen LogP contribution in [-0.4, -0.2) is 6.36 Å². The van der Waals surface area contributed by atoms with Gasteiger partial charge in [-0.05, 0) is 41.0 Å². The van der Waals surface area contributed by atoms with Gasteiger partial charge in [-0.3, -0.25) is 0 Å². The van der Waals surface area contributed by atoms with Gasteiger partial charge in [-0.15, -0.1) is 13.2 Å². The smallest absolute Gasteiger partial charge is 0.406 e. The van der Waals surface area contributed by atoms with E-state index in [1.54, 1.807) is 6.07 Å². The SMILES string of the molecule is N#CCc1cc(F)ccc1-c1cccc(OC(F)(F)F)c1. The van der Waals surface area contributed by atoms with Crippen molar-refractivity contribution in [2.45, 2.75) is 12.8 Å². The van der Waals surface area contributed by atoms with E-state index in [-0.39, 0.29) is 12.2 Å². The number of halogens is 4. The predicted molar refractivity (Wildman–Crippen MR) is 67.8 cm³/mol. The van der Waals surface area contributed by atoms with Crippen LogP contribution in [0.2, 0.25) is 0 Å². The summed E-state index contributed by atoms with van der Waals surface area (Å²) in [6.07, 6.45) is -4.83. The van der Waals surface area contributed by atoms with Gasteiger partial charge in [0.15, 0.2) is 0 Å². The lowest BCUT2D eigenvalue weighted by molar-refractivity contribution is -0.274. The van der Waals surface area contributed by atoms with Gasteiger partial charge in [0.25, 0.3) is 0 Å². The van der Waals surface area contributed by atoms with Gasteiger partial charge in [0.05, 0.1) is 12.5 Å². The Balaban J connectivity index is 2.43. The minimum Gasteiger partial charge on any atom is -0.406 e. The summed E-state index contributed by atoms with van der Waals surface area (Å²) in [4.78, 5) is 0. The fourth-order valence-electron chi connectivity index (χ4n) is 1.94. The van der Waals surface area contributed by atoms with Crippen LogP contribution in [0.1, 0.15) is 5.56 Å². The van der Waals surface area contributed by atoms with E-state index >= 15 is 0 Å². The summed E-state index contributed by atoms with van der Waals surface area (Å²) >= 11 is 0. The van der Waals surface area contributed by atoms with Gasteiger partial charge in [-0.2, -0.15) is 5.26 Å². The molecule has 0 aliphatic rings. The van der Waals surface area contributed by atoms with Crippen molar-refractivity contribution in [1.82, 2.24) is 0 Å². The molecule has 0 saturated heterocycles. The number of alkyl halides is 3. The minimum atomic E-state index is -4.78. The molecule has 0 bridgehead atoms. The number of hydrogen-bond acceptors (Lipinski definition) is 2. The second-order valence-electron chi connectivity index (χ2n) is 4.21. The normalized spacial score (nSPS) is 11.0. The standard InChI is InChI=1S/C15H9F4NO/c16-12-4-5-14(11(8-12)6-7-20)10-2-1-3-13(9-10)21-15(17,18)19/h1-5,8-9H,6H2. The Morgan fingerprint density at radius 3 is 2.52 bits per heavy atom.